The Morgan fingerprint density at radius 2 is 1.89 bits per heavy atom. The Bertz CT molecular complexity index is 926. The molecule has 0 aromatic heterocycles. The van der Waals surface area contributed by atoms with Crippen molar-refractivity contribution in [3.8, 4) is 11.5 Å². The molecule has 0 saturated heterocycles. The van der Waals surface area contributed by atoms with Gasteiger partial charge in [-0.3, -0.25) is 25.0 Å². The van der Waals surface area contributed by atoms with E-state index in [1.54, 1.807) is 12.1 Å². The molecule has 1 amide bonds. The molecule has 2 N–H and O–H groups in total. The molecule has 0 fully saturated rings. The topological polar surface area (TPSA) is 157 Å². The monoisotopic (exact) mass is 388 g/mol. The average Bonchev–Trinajstić information content (AvgIpc) is 2.67. The molecule has 0 spiro atoms. The number of hydrogen-bond acceptors (Lipinski definition) is 8. The van der Waals surface area contributed by atoms with Crippen LogP contribution in [0.3, 0.4) is 0 Å². The van der Waals surface area contributed by atoms with Crippen LogP contribution in [0, 0.1) is 20.2 Å². The minimum atomic E-state index is -0.962. The summed E-state index contributed by atoms with van der Waals surface area (Å²) < 4.78 is 5.28. The summed E-state index contributed by atoms with van der Waals surface area (Å²) in [4.78, 5) is 31.7. The molecule has 0 aliphatic heterocycles. The van der Waals surface area contributed by atoms with Crippen LogP contribution in [-0.4, -0.2) is 33.7 Å². The summed E-state index contributed by atoms with van der Waals surface area (Å²) in [7, 11) is 0. The van der Waals surface area contributed by atoms with Crippen LogP contribution < -0.4 is 10.2 Å². The van der Waals surface area contributed by atoms with Crippen LogP contribution in [0.5, 0.6) is 11.5 Å². The van der Waals surface area contributed by atoms with Gasteiger partial charge in [-0.05, 0) is 24.1 Å². The number of benzene rings is 2. The van der Waals surface area contributed by atoms with Crippen molar-refractivity contribution < 1.29 is 24.5 Å². The van der Waals surface area contributed by atoms with Gasteiger partial charge in [0.25, 0.3) is 11.6 Å². The van der Waals surface area contributed by atoms with E-state index in [2.05, 4.69) is 10.5 Å². The third-order valence-corrected chi connectivity index (χ3v) is 3.61. The molecule has 11 nitrogen and oxygen atoms in total. The fraction of sp³-hybridized carbons (Fsp3) is 0.176. The van der Waals surface area contributed by atoms with Crippen LogP contribution in [0.2, 0.25) is 0 Å². The van der Waals surface area contributed by atoms with Gasteiger partial charge in [-0.2, -0.15) is 5.10 Å². The predicted molar refractivity (Wildman–Crippen MR) is 98.5 cm³/mol. The van der Waals surface area contributed by atoms with Crippen molar-refractivity contribution in [1.82, 2.24) is 5.43 Å². The van der Waals surface area contributed by atoms with E-state index < -0.39 is 32.9 Å². The second-order valence-electron chi connectivity index (χ2n) is 5.50. The molecule has 0 bridgehead atoms. The first-order valence-corrected chi connectivity index (χ1v) is 8.01. The molecule has 2 aromatic carbocycles. The number of aryl methyl sites for hydroxylation is 1. The van der Waals surface area contributed by atoms with Gasteiger partial charge >= 0.3 is 5.69 Å². The number of ether oxygens (including phenoxy) is 1. The van der Waals surface area contributed by atoms with Gasteiger partial charge in [0.2, 0.25) is 5.75 Å². The van der Waals surface area contributed by atoms with Crippen molar-refractivity contribution in [3.05, 3.63) is 67.8 Å². The van der Waals surface area contributed by atoms with Crippen molar-refractivity contribution in [2.45, 2.75) is 13.3 Å². The molecule has 0 aliphatic carbocycles. The zero-order valence-electron chi connectivity index (χ0n) is 14.7. The lowest BCUT2D eigenvalue weighted by Crippen LogP contribution is -2.24. The van der Waals surface area contributed by atoms with Gasteiger partial charge in [-0.25, -0.2) is 5.43 Å². The van der Waals surface area contributed by atoms with Crippen LogP contribution >= 0.6 is 0 Å². The smallest absolute Gasteiger partial charge is 0.318 e. The van der Waals surface area contributed by atoms with Crippen molar-refractivity contribution in [1.29, 1.82) is 0 Å². The SMILES string of the molecule is CCc1ccc(OCC(=O)NN=Cc2cc([N+](=O)[O-])cc([N+](=O)[O-])c2O)cc1. The van der Waals surface area contributed by atoms with Crippen LogP contribution in [0.4, 0.5) is 11.4 Å². The van der Waals surface area contributed by atoms with Crippen LogP contribution in [0.15, 0.2) is 41.5 Å². The van der Waals surface area contributed by atoms with E-state index >= 15 is 0 Å². The molecule has 0 atom stereocenters. The Morgan fingerprint density at radius 1 is 1.21 bits per heavy atom. The maximum Gasteiger partial charge on any atom is 0.318 e. The number of non-ortho nitro benzene ring substituents is 1. The van der Waals surface area contributed by atoms with E-state index in [0.717, 1.165) is 24.3 Å². The third-order valence-electron chi connectivity index (χ3n) is 3.61. The number of rotatable bonds is 8. The Kier molecular flexibility index (Phi) is 6.58. The first-order chi connectivity index (χ1) is 13.3. The second-order valence-corrected chi connectivity index (χ2v) is 5.50. The summed E-state index contributed by atoms with van der Waals surface area (Å²) >= 11 is 0. The number of nitro benzene ring substituents is 2. The van der Waals surface area contributed by atoms with Crippen LogP contribution in [0.25, 0.3) is 0 Å². The lowest BCUT2D eigenvalue weighted by Gasteiger charge is -2.05. The standard InChI is InChI=1S/C17H16N4O7/c1-2-11-3-5-14(6-4-11)28-10-16(22)19-18-9-12-7-13(20(24)25)8-15(17(12)23)21(26)27/h3-9,23H,2,10H2,1H3,(H,19,22). The zero-order chi connectivity index (χ0) is 20.7. The molecular weight excluding hydrogens is 372 g/mol. The van der Waals surface area contributed by atoms with Gasteiger partial charge in [0.05, 0.1) is 27.7 Å². The van der Waals surface area contributed by atoms with Crippen LogP contribution in [0.1, 0.15) is 18.1 Å². The zero-order valence-corrected chi connectivity index (χ0v) is 14.7. The number of nitro groups is 2. The van der Waals surface area contributed by atoms with Gasteiger partial charge in [0, 0.05) is 6.07 Å². The highest BCUT2D eigenvalue weighted by Crippen LogP contribution is 2.33. The first kappa shape index (κ1) is 20.3. The normalized spacial score (nSPS) is 10.6. The third kappa shape index (κ3) is 5.24. The number of hydrazone groups is 1. The quantitative estimate of drug-likeness (QED) is 0.399. The second kappa shape index (κ2) is 9.07. The number of hydrogen-bond donors (Lipinski definition) is 2. The Labute approximate surface area is 158 Å². The summed E-state index contributed by atoms with van der Waals surface area (Å²) in [6.45, 7) is 1.67. The molecule has 0 heterocycles. The van der Waals surface area contributed by atoms with Gasteiger partial charge in [-0.1, -0.05) is 19.1 Å². The summed E-state index contributed by atoms with van der Waals surface area (Å²) in [5, 5.41) is 35.1. The van der Waals surface area contributed by atoms with Crippen molar-refractivity contribution >= 4 is 23.5 Å². The highest BCUT2D eigenvalue weighted by Gasteiger charge is 2.23. The Hall–Kier alpha value is -4.02. The lowest BCUT2D eigenvalue weighted by atomic mass is 10.1. The number of carbonyl (C=O) groups excluding carboxylic acids is 1. The molecule has 0 aliphatic rings. The largest absolute Gasteiger partial charge is 0.502 e. The maximum atomic E-state index is 11.7. The molecule has 2 rings (SSSR count). The first-order valence-electron chi connectivity index (χ1n) is 8.01. The molecule has 0 unspecified atom stereocenters. The molecule has 0 saturated carbocycles. The van der Waals surface area contributed by atoms with Gasteiger partial charge in [0.15, 0.2) is 6.61 Å². The summed E-state index contributed by atoms with van der Waals surface area (Å²) in [5.74, 6) is -0.945. The van der Waals surface area contributed by atoms with E-state index in [1.165, 1.54) is 0 Å². The Balaban J connectivity index is 2.01. The number of amides is 1. The van der Waals surface area contributed by atoms with E-state index in [9.17, 15) is 30.1 Å². The van der Waals surface area contributed by atoms with Gasteiger partial charge < -0.3 is 9.84 Å². The highest BCUT2D eigenvalue weighted by atomic mass is 16.6. The summed E-state index contributed by atoms with van der Waals surface area (Å²) in [6.07, 6.45) is 1.74. The summed E-state index contributed by atoms with van der Waals surface area (Å²) in [6, 6.07) is 8.69. The fourth-order valence-corrected chi connectivity index (χ4v) is 2.15. The number of carbonyl (C=O) groups is 1. The van der Waals surface area contributed by atoms with Gasteiger partial charge in [0.1, 0.15) is 5.75 Å². The fourth-order valence-electron chi connectivity index (χ4n) is 2.15. The minimum Gasteiger partial charge on any atom is -0.502 e. The molecular formula is C17H16N4O7. The minimum absolute atomic E-state index is 0.294. The molecule has 146 valence electrons. The van der Waals surface area contributed by atoms with E-state index in [1.807, 2.05) is 19.1 Å². The summed E-state index contributed by atoms with van der Waals surface area (Å²) in [5.41, 5.74) is 1.48. The average molecular weight is 388 g/mol. The molecule has 11 heteroatoms. The molecule has 0 radical (unpaired) electrons. The van der Waals surface area contributed by atoms with E-state index in [0.29, 0.717) is 11.8 Å². The molecule has 28 heavy (non-hydrogen) atoms. The number of phenols is 1. The van der Waals surface area contributed by atoms with E-state index in [4.69, 9.17) is 4.74 Å². The number of nitrogens with one attached hydrogen (secondary N) is 1. The van der Waals surface area contributed by atoms with E-state index in [-0.39, 0.29) is 12.2 Å². The predicted octanol–water partition coefficient (Wildman–Crippen LogP) is 2.30. The maximum absolute atomic E-state index is 11.7. The Morgan fingerprint density at radius 3 is 2.46 bits per heavy atom. The molecule has 2 aromatic rings. The highest BCUT2D eigenvalue weighted by molar-refractivity contribution is 5.88. The van der Waals surface area contributed by atoms with Gasteiger partial charge in [-0.15, -0.1) is 0 Å². The lowest BCUT2D eigenvalue weighted by molar-refractivity contribution is -0.394. The van der Waals surface area contributed by atoms with Crippen molar-refractivity contribution in [2.24, 2.45) is 5.10 Å². The van der Waals surface area contributed by atoms with Crippen molar-refractivity contribution in [3.63, 3.8) is 0 Å². The number of aromatic hydroxyl groups is 1. The number of nitrogens with zero attached hydrogens (tertiary/aromatic N) is 3. The number of phenolic OH excluding ortho intramolecular Hbond substituents is 1. The van der Waals surface area contributed by atoms with Crippen molar-refractivity contribution in [2.75, 3.05) is 6.61 Å². The van der Waals surface area contributed by atoms with Crippen LogP contribution in [-0.2, 0) is 11.2 Å².